The highest BCUT2D eigenvalue weighted by Gasteiger charge is 2.40. The van der Waals surface area contributed by atoms with Gasteiger partial charge < -0.3 is 14.4 Å². The van der Waals surface area contributed by atoms with Crippen LogP contribution in [0.1, 0.15) is 49.4 Å². The van der Waals surface area contributed by atoms with Gasteiger partial charge in [0.2, 0.25) is 10.0 Å². The zero-order chi connectivity index (χ0) is 19.3. The van der Waals surface area contributed by atoms with Gasteiger partial charge in [0.15, 0.2) is 5.79 Å². The van der Waals surface area contributed by atoms with Crippen LogP contribution in [0.2, 0.25) is 0 Å². The first kappa shape index (κ1) is 20.3. The summed E-state index contributed by atoms with van der Waals surface area (Å²) in [6, 6.07) is 6.25. The van der Waals surface area contributed by atoms with Crippen molar-refractivity contribution in [3.05, 3.63) is 29.8 Å². The number of piperidine rings is 1. The average Bonchev–Trinajstić information content (AvgIpc) is 3.13. The fourth-order valence-corrected chi connectivity index (χ4v) is 4.60. The number of nitrogens with one attached hydrogen (secondary N) is 1. The van der Waals surface area contributed by atoms with Crippen molar-refractivity contribution in [2.24, 2.45) is 0 Å². The zero-order valence-corrected chi connectivity index (χ0v) is 16.6. The number of amides is 1. The lowest BCUT2D eigenvalue weighted by Gasteiger charge is -2.37. The maximum absolute atomic E-state index is 12.8. The fraction of sp³-hybridized carbons (Fsp3) is 0.632. The molecule has 0 aliphatic carbocycles. The lowest BCUT2D eigenvalue weighted by atomic mass is 10.0. The molecule has 2 fully saturated rings. The van der Waals surface area contributed by atoms with Crippen molar-refractivity contribution in [2.75, 3.05) is 32.8 Å². The van der Waals surface area contributed by atoms with Crippen molar-refractivity contribution in [3.8, 4) is 0 Å². The molecule has 1 spiro atoms. The van der Waals surface area contributed by atoms with Gasteiger partial charge in [0.1, 0.15) is 0 Å². The highest BCUT2D eigenvalue weighted by Crippen LogP contribution is 2.31. The summed E-state index contributed by atoms with van der Waals surface area (Å²) in [5.74, 6) is -0.699. The van der Waals surface area contributed by atoms with Crippen molar-refractivity contribution in [2.45, 2.75) is 49.7 Å². The van der Waals surface area contributed by atoms with E-state index in [1.165, 1.54) is 12.1 Å². The maximum atomic E-state index is 12.8. The Bertz CT molecular complexity index is 749. The smallest absolute Gasteiger partial charge is 0.253 e. The summed E-state index contributed by atoms with van der Waals surface area (Å²) < 4.78 is 38.9. The lowest BCUT2D eigenvalue weighted by molar-refractivity contribution is -0.181. The topological polar surface area (TPSA) is 84.9 Å². The van der Waals surface area contributed by atoms with Crippen LogP contribution in [0.5, 0.6) is 0 Å². The highest BCUT2D eigenvalue weighted by atomic mass is 32.2. The van der Waals surface area contributed by atoms with Crippen LogP contribution in [0.25, 0.3) is 0 Å². The number of rotatable bonds is 7. The van der Waals surface area contributed by atoms with Gasteiger partial charge in [-0.15, -0.1) is 0 Å². The van der Waals surface area contributed by atoms with E-state index in [4.69, 9.17) is 9.47 Å². The Morgan fingerprint density at radius 1 is 1.19 bits per heavy atom. The van der Waals surface area contributed by atoms with Gasteiger partial charge in [-0.2, -0.15) is 0 Å². The Kier molecular flexibility index (Phi) is 6.52. The fourth-order valence-electron chi connectivity index (χ4n) is 3.48. The van der Waals surface area contributed by atoms with Gasteiger partial charge in [0.25, 0.3) is 5.91 Å². The van der Waals surface area contributed by atoms with Crippen LogP contribution in [-0.4, -0.2) is 57.9 Å². The molecule has 1 amide bonds. The van der Waals surface area contributed by atoms with E-state index in [-0.39, 0.29) is 10.8 Å². The monoisotopic (exact) mass is 396 g/mol. The van der Waals surface area contributed by atoms with Crippen LogP contribution in [0, 0.1) is 0 Å². The molecule has 27 heavy (non-hydrogen) atoms. The predicted octanol–water partition coefficient (Wildman–Crippen LogP) is 2.13. The van der Waals surface area contributed by atoms with Gasteiger partial charge in [0.05, 0.1) is 18.1 Å². The van der Waals surface area contributed by atoms with Crippen LogP contribution in [-0.2, 0) is 19.5 Å². The molecule has 0 aromatic heterocycles. The van der Waals surface area contributed by atoms with Gasteiger partial charge in [-0.05, 0) is 24.6 Å². The van der Waals surface area contributed by atoms with Gasteiger partial charge in [-0.25, -0.2) is 13.1 Å². The molecule has 2 saturated heterocycles. The molecular weight excluding hydrogens is 368 g/mol. The Morgan fingerprint density at radius 3 is 2.56 bits per heavy atom. The molecule has 150 valence electrons. The maximum Gasteiger partial charge on any atom is 0.253 e. The Balaban J connectivity index is 1.63. The predicted molar refractivity (Wildman–Crippen MR) is 101 cm³/mol. The van der Waals surface area contributed by atoms with Crippen LogP contribution < -0.4 is 4.72 Å². The normalized spacial score (nSPS) is 19.5. The summed E-state index contributed by atoms with van der Waals surface area (Å²) in [5.41, 5.74) is 0.385. The minimum atomic E-state index is -3.61. The second kappa shape index (κ2) is 8.68. The summed E-state index contributed by atoms with van der Waals surface area (Å²) in [7, 11) is -3.61. The zero-order valence-electron chi connectivity index (χ0n) is 15.8. The van der Waals surface area contributed by atoms with E-state index in [0.29, 0.717) is 51.3 Å². The first-order valence-electron chi connectivity index (χ1n) is 9.63. The van der Waals surface area contributed by atoms with E-state index < -0.39 is 15.8 Å². The molecule has 0 bridgehead atoms. The summed E-state index contributed by atoms with van der Waals surface area (Å²) in [6.07, 6.45) is 4.07. The standard InChI is InChI=1S/C19H28N2O5S/c1-2-3-4-10-20-27(23,24)17-7-5-6-16(15-17)18(22)21-11-8-19(9-12-21)25-13-14-26-19/h5-7,15,20H,2-4,8-14H2,1H3. The summed E-state index contributed by atoms with van der Waals surface area (Å²) in [6.45, 7) is 4.73. The number of nitrogens with zero attached hydrogens (tertiary/aromatic N) is 1. The van der Waals surface area contributed by atoms with E-state index in [1.54, 1.807) is 17.0 Å². The average molecular weight is 397 g/mol. The lowest BCUT2D eigenvalue weighted by Crippen LogP contribution is -2.47. The largest absolute Gasteiger partial charge is 0.347 e. The molecule has 1 N–H and O–H groups in total. The number of carbonyl (C=O) groups excluding carboxylic acids is 1. The van der Waals surface area contributed by atoms with Crippen LogP contribution in [0.3, 0.4) is 0 Å². The molecule has 0 radical (unpaired) electrons. The molecule has 2 aliphatic rings. The molecule has 0 atom stereocenters. The molecule has 7 nitrogen and oxygen atoms in total. The molecule has 2 heterocycles. The van der Waals surface area contributed by atoms with Crippen molar-refractivity contribution >= 4 is 15.9 Å². The Hall–Kier alpha value is -1.48. The van der Waals surface area contributed by atoms with E-state index in [1.807, 2.05) is 0 Å². The second-order valence-electron chi connectivity index (χ2n) is 7.03. The van der Waals surface area contributed by atoms with Gasteiger partial charge in [-0.1, -0.05) is 25.8 Å². The molecule has 2 aliphatic heterocycles. The van der Waals surface area contributed by atoms with Crippen molar-refractivity contribution in [1.29, 1.82) is 0 Å². The third-order valence-electron chi connectivity index (χ3n) is 5.09. The second-order valence-corrected chi connectivity index (χ2v) is 8.80. The molecular formula is C19H28N2O5S. The first-order chi connectivity index (χ1) is 13.0. The molecule has 0 unspecified atom stereocenters. The number of hydrogen-bond acceptors (Lipinski definition) is 5. The molecule has 8 heteroatoms. The van der Waals surface area contributed by atoms with Crippen LogP contribution in [0.4, 0.5) is 0 Å². The van der Waals surface area contributed by atoms with E-state index in [0.717, 1.165) is 19.3 Å². The molecule has 0 saturated carbocycles. The van der Waals surface area contributed by atoms with Crippen molar-refractivity contribution in [3.63, 3.8) is 0 Å². The first-order valence-corrected chi connectivity index (χ1v) is 11.1. The third-order valence-corrected chi connectivity index (χ3v) is 6.55. The quantitative estimate of drug-likeness (QED) is 0.714. The highest BCUT2D eigenvalue weighted by molar-refractivity contribution is 7.89. The van der Waals surface area contributed by atoms with Gasteiger partial charge in [-0.3, -0.25) is 4.79 Å². The SMILES string of the molecule is CCCCCNS(=O)(=O)c1cccc(C(=O)N2CCC3(CC2)OCCO3)c1. The van der Waals surface area contributed by atoms with Crippen LogP contribution in [0.15, 0.2) is 29.2 Å². The number of benzene rings is 1. The summed E-state index contributed by atoms with van der Waals surface area (Å²) in [4.78, 5) is 14.7. The van der Waals surface area contributed by atoms with E-state index in [2.05, 4.69) is 11.6 Å². The number of carbonyl (C=O) groups is 1. The number of hydrogen-bond donors (Lipinski definition) is 1. The minimum absolute atomic E-state index is 0.126. The van der Waals surface area contributed by atoms with Gasteiger partial charge in [0, 0.05) is 38.0 Å². The van der Waals surface area contributed by atoms with Crippen LogP contribution >= 0.6 is 0 Å². The number of unbranched alkanes of at least 4 members (excludes halogenated alkanes) is 2. The van der Waals surface area contributed by atoms with E-state index in [9.17, 15) is 13.2 Å². The van der Waals surface area contributed by atoms with Gasteiger partial charge >= 0.3 is 0 Å². The number of ether oxygens (including phenoxy) is 2. The summed E-state index contributed by atoms with van der Waals surface area (Å²) in [5, 5.41) is 0. The molecule has 1 aromatic rings. The number of likely N-dealkylation sites (tertiary alicyclic amines) is 1. The Morgan fingerprint density at radius 2 is 1.89 bits per heavy atom. The third kappa shape index (κ3) is 4.87. The van der Waals surface area contributed by atoms with Crippen molar-refractivity contribution in [1.82, 2.24) is 9.62 Å². The minimum Gasteiger partial charge on any atom is -0.347 e. The Labute approximate surface area is 161 Å². The number of sulfonamides is 1. The van der Waals surface area contributed by atoms with Crippen molar-refractivity contribution < 1.29 is 22.7 Å². The van der Waals surface area contributed by atoms with E-state index >= 15 is 0 Å². The summed E-state index contributed by atoms with van der Waals surface area (Å²) >= 11 is 0. The molecule has 3 rings (SSSR count). The molecule has 1 aromatic carbocycles.